The van der Waals surface area contributed by atoms with E-state index in [-0.39, 0.29) is 5.91 Å². The first-order chi connectivity index (χ1) is 12.6. The quantitative estimate of drug-likeness (QED) is 0.616. The number of amides is 1. The molecule has 6 heteroatoms. The number of imidazole rings is 1. The van der Waals surface area contributed by atoms with E-state index < -0.39 is 0 Å². The smallest absolute Gasteiger partial charge is 0.260 e. The van der Waals surface area contributed by atoms with Crippen molar-refractivity contribution >= 4 is 17.4 Å². The normalized spacial score (nSPS) is 10.8. The number of nitrogens with one attached hydrogen (secondary N) is 1. The fourth-order valence-electron chi connectivity index (χ4n) is 2.84. The van der Waals surface area contributed by atoms with Crippen LogP contribution in [-0.2, 0) is 0 Å². The van der Waals surface area contributed by atoms with E-state index in [0.717, 1.165) is 22.3 Å². The van der Waals surface area contributed by atoms with Gasteiger partial charge in [0.15, 0.2) is 0 Å². The number of hydrogen-bond acceptors (Lipinski definition) is 4. The summed E-state index contributed by atoms with van der Waals surface area (Å²) in [7, 11) is 0. The molecule has 6 nitrogen and oxygen atoms in total. The van der Waals surface area contributed by atoms with Crippen molar-refractivity contribution in [3.05, 3.63) is 78.1 Å². The molecule has 0 bridgehead atoms. The number of carbonyl (C=O) groups is 1. The van der Waals surface area contributed by atoms with Crippen LogP contribution in [-0.4, -0.2) is 25.3 Å². The molecule has 1 N–H and O–H groups in total. The highest BCUT2D eigenvalue weighted by molar-refractivity contribution is 6.08. The Hall–Kier alpha value is -3.54. The van der Waals surface area contributed by atoms with Gasteiger partial charge in [-0.1, -0.05) is 6.07 Å². The Labute approximate surface area is 150 Å². The van der Waals surface area contributed by atoms with Gasteiger partial charge >= 0.3 is 0 Å². The maximum atomic E-state index is 12.9. The molecule has 1 amide bonds. The second-order valence-corrected chi connectivity index (χ2v) is 6.17. The van der Waals surface area contributed by atoms with Crippen molar-refractivity contribution < 1.29 is 4.79 Å². The van der Waals surface area contributed by atoms with Crippen LogP contribution in [0.1, 0.15) is 21.5 Å². The van der Waals surface area contributed by atoms with Crippen LogP contribution in [0.15, 0.2) is 61.4 Å². The molecular weight excluding hydrogens is 326 g/mol. The van der Waals surface area contributed by atoms with Crippen LogP contribution in [0.5, 0.6) is 0 Å². The minimum atomic E-state index is -0.249. The minimum Gasteiger partial charge on any atom is -0.306 e. The second-order valence-electron chi connectivity index (χ2n) is 6.17. The first kappa shape index (κ1) is 16.0. The Bertz CT molecular complexity index is 1100. The number of rotatable bonds is 3. The third-order valence-corrected chi connectivity index (χ3v) is 4.24. The highest BCUT2D eigenvalue weighted by Gasteiger charge is 2.15. The first-order valence-electron chi connectivity index (χ1n) is 8.23. The molecule has 26 heavy (non-hydrogen) atoms. The molecule has 4 heterocycles. The zero-order valence-electron chi connectivity index (χ0n) is 14.5. The van der Waals surface area contributed by atoms with Crippen molar-refractivity contribution in [2.24, 2.45) is 0 Å². The van der Waals surface area contributed by atoms with E-state index in [1.54, 1.807) is 30.9 Å². The van der Waals surface area contributed by atoms with Gasteiger partial charge in [-0.3, -0.25) is 9.78 Å². The predicted molar refractivity (Wildman–Crippen MR) is 100 cm³/mol. The van der Waals surface area contributed by atoms with Crippen LogP contribution in [0, 0.1) is 13.8 Å². The highest BCUT2D eigenvalue weighted by Crippen LogP contribution is 2.25. The van der Waals surface area contributed by atoms with Gasteiger partial charge in [0.05, 0.1) is 5.56 Å². The number of aryl methyl sites for hydroxylation is 2. The van der Waals surface area contributed by atoms with E-state index in [1.165, 1.54) is 0 Å². The molecule has 0 atom stereocenters. The largest absolute Gasteiger partial charge is 0.306 e. The fourth-order valence-corrected chi connectivity index (χ4v) is 2.84. The third-order valence-electron chi connectivity index (χ3n) is 4.24. The zero-order chi connectivity index (χ0) is 18.1. The van der Waals surface area contributed by atoms with Crippen LogP contribution in [0.2, 0.25) is 0 Å². The van der Waals surface area contributed by atoms with Crippen LogP contribution in [0.3, 0.4) is 0 Å². The number of aromatic nitrogens is 4. The Kier molecular flexibility index (Phi) is 3.93. The van der Waals surface area contributed by atoms with Crippen molar-refractivity contribution in [3.8, 4) is 11.1 Å². The summed E-state index contributed by atoms with van der Waals surface area (Å²) in [6, 6.07) is 7.48. The molecule has 0 aliphatic heterocycles. The van der Waals surface area contributed by atoms with Gasteiger partial charge < -0.3 is 9.72 Å². The summed E-state index contributed by atoms with van der Waals surface area (Å²) in [4.78, 5) is 25.6. The summed E-state index contributed by atoms with van der Waals surface area (Å²) < 4.78 is 1.85. The SMILES string of the molecule is Cc1ccc(NC(=O)c2cc(-c3cnccc3C)cn3ccnc23)nc1. The standard InChI is InChI=1S/C20H17N5O/c1-13-3-4-18(23-10-13)24-20(26)16-9-15(12-25-8-7-22-19(16)25)17-11-21-6-5-14(17)2/h3-12H,1-2H3,(H,23,24,26). The van der Waals surface area contributed by atoms with Gasteiger partial charge in [0.25, 0.3) is 5.91 Å². The van der Waals surface area contributed by atoms with Gasteiger partial charge in [-0.05, 0) is 43.2 Å². The van der Waals surface area contributed by atoms with Crippen molar-refractivity contribution in [3.63, 3.8) is 0 Å². The van der Waals surface area contributed by atoms with E-state index in [4.69, 9.17) is 0 Å². The molecule has 4 aromatic rings. The van der Waals surface area contributed by atoms with Gasteiger partial charge in [0.2, 0.25) is 0 Å². The molecule has 0 aromatic carbocycles. The highest BCUT2D eigenvalue weighted by atomic mass is 16.1. The fraction of sp³-hybridized carbons (Fsp3) is 0.100. The average Bonchev–Trinajstić information content (AvgIpc) is 3.11. The van der Waals surface area contributed by atoms with Crippen LogP contribution < -0.4 is 5.32 Å². The molecular formula is C20H17N5O. The number of carbonyl (C=O) groups excluding carboxylic acids is 1. The number of pyridine rings is 3. The van der Waals surface area contributed by atoms with Crippen molar-refractivity contribution in [1.82, 2.24) is 19.4 Å². The molecule has 4 rings (SSSR count). The molecule has 0 aliphatic rings. The van der Waals surface area contributed by atoms with Crippen molar-refractivity contribution in [2.75, 3.05) is 5.32 Å². The molecule has 0 aliphatic carbocycles. The summed E-state index contributed by atoms with van der Waals surface area (Å²) >= 11 is 0. The number of nitrogens with zero attached hydrogens (tertiary/aromatic N) is 4. The predicted octanol–water partition coefficient (Wildman–Crippen LogP) is 3.66. The molecule has 0 radical (unpaired) electrons. The lowest BCUT2D eigenvalue weighted by Crippen LogP contribution is -2.14. The number of fused-ring (bicyclic) bond motifs is 1. The summed E-state index contributed by atoms with van der Waals surface area (Å²) in [6.07, 6.45) is 10.7. The molecule has 0 spiro atoms. The molecule has 4 aromatic heterocycles. The van der Waals surface area contributed by atoms with Crippen LogP contribution in [0.4, 0.5) is 5.82 Å². The Balaban J connectivity index is 1.78. The maximum Gasteiger partial charge on any atom is 0.260 e. The van der Waals surface area contributed by atoms with E-state index in [2.05, 4.69) is 20.3 Å². The minimum absolute atomic E-state index is 0.249. The van der Waals surface area contributed by atoms with E-state index in [1.807, 2.05) is 48.8 Å². The maximum absolute atomic E-state index is 12.9. The Morgan fingerprint density at radius 1 is 1.08 bits per heavy atom. The number of hydrogen-bond donors (Lipinski definition) is 1. The van der Waals surface area contributed by atoms with Gasteiger partial charge in [0.1, 0.15) is 11.5 Å². The number of anilines is 1. The van der Waals surface area contributed by atoms with Crippen LogP contribution in [0.25, 0.3) is 16.8 Å². The molecule has 0 fully saturated rings. The summed E-state index contributed by atoms with van der Waals surface area (Å²) in [5, 5.41) is 2.84. The van der Waals surface area contributed by atoms with Gasteiger partial charge in [0, 0.05) is 48.3 Å². The lowest BCUT2D eigenvalue weighted by Gasteiger charge is -2.10. The molecule has 0 saturated carbocycles. The van der Waals surface area contributed by atoms with Crippen molar-refractivity contribution in [1.29, 1.82) is 0 Å². The topological polar surface area (TPSA) is 72.2 Å². The van der Waals surface area contributed by atoms with Gasteiger partial charge in [-0.15, -0.1) is 0 Å². The Morgan fingerprint density at radius 3 is 2.73 bits per heavy atom. The summed E-state index contributed by atoms with van der Waals surface area (Å²) in [6.45, 7) is 3.97. The first-order valence-corrected chi connectivity index (χ1v) is 8.23. The zero-order valence-corrected chi connectivity index (χ0v) is 14.5. The second kappa shape index (κ2) is 6.40. The van der Waals surface area contributed by atoms with E-state index in [9.17, 15) is 4.79 Å². The van der Waals surface area contributed by atoms with Crippen molar-refractivity contribution in [2.45, 2.75) is 13.8 Å². The van der Waals surface area contributed by atoms with Gasteiger partial charge in [-0.25, -0.2) is 9.97 Å². The average molecular weight is 343 g/mol. The molecule has 0 saturated heterocycles. The third kappa shape index (κ3) is 2.93. The molecule has 0 unspecified atom stereocenters. The lowest BCUT2D eigenvalue weighted by atomic mass is 10.0. The van der Waals surface area contributed by atoms with Gasteiger partial charge in [-0.2, -0.15) is 0 Å². The van der Waals surface area contributed by atoms with Crippen LogP contribution >= 0.6 is 0 Å². The van der Waals surface area contributed by atoms with E-state index in [0.29, 0.717) is 17.0 Å². The monoisotopic (exact) mass is 343 g/mol. The summed E-state index contributed by atoms with van der Waals surface area (Å²) in [5.41, 5.74) is 5.09. The van der Waals surface area contributed by atoms with E-state index >= 15 is 0 Å². The molecule has 128 valence electrons. The Morgan fingerprint density at radius 2 is 1.96 bits per heavy atom. The summed E-state index contributed by atoms with van der Waals surface area (Å²) in [5.74, 6) is 0.259. The lowest BCUT2D eigenvalue weighted by molar-refractivity contribution is 0.102.